The van der Waals surface area contributed by atoms with Gasteiger partial charge >= 0.3 is 5.97 Å². The third kappa shape index (κ3) is 2.79. The summed E-state index contributed by atoms with van der Waals surface area (Å²) in [5, 5.41) is 13.1. The number of carbonyl (C=O) groups is 2. The second-order valence-corrected chi connectivity index (χ2v) is 5.89. The first-order valence-electron chi connectivity index (χ1n) is 7.44. The summed E-state index contributed by atoms with van der Waals surface area (Å²) in [5.74, 6) is -1.09. The minimum absolute atomic E-state index is 0.0515. The number of aliphatic carboxylic acids is 1. The molecule has 1 fully saturated rings. The number of amides is 1. The predicted octanol–water partition coefficient (Wildman–Crippen LogP) is 2.50. The molecule has 0 bridgehead atoms. The van der Waals surface area contributed by atoms with E-state index in [1.807, 2.05) is 36.4 Å². The van der Waals surface area contributed by atoms with Gasteiger partial charge in [0.05, 0.1) is 23.2 Å². The summed E-state index contributed by atoms with van der Waals surface area (Å²) in [6.45, 7) is 0.319. The van der Waals surface area contributed by atoms with Crippen LogP contribution in [0.5, 0.6) is 0 Å². The molecule has 114 valence electrons. The number of aromatic nitrogens is 1. The number of hydrogen-bond donors (Lipinski definition) is 2. The van der Waals surface area contributed by atoms with Gasteiger partial charge < -0.3 is 10.4 Å². The van der Waals surface area contributed by atoms with E-state index >= 15 is 0 Å². The lowest BCUT2D eigenvalue weighted by Gasteiger charge is -2.36. The number of benzene rings is 1. The summed E-state index contributed by atoms with van der Waals surface area (Å²) in [4.78, 5) is 27.7. The topological polar surface area (TPSA) is 79.3 Å². The highest BCUT2D eigenvalue weighted by atomic mass is 16.4. The largest absolute Gasteiger partial charge is 0.481 e. The Morgan fingerprint density at radius 2 is 1.95 bits per heavy atom. The Bertz CT molecular complexity index is 723. The number of carboxylic acids is 1. The van der Waals surface area contributed by atoms with Crippen molar-refractivity contribution < 1.29 is 14.7 Å². The van der Waals surface area contributed by atoms with E-state index in [2.05, 4.69) is 10.3 Å². The molecule has 3 rings (SSSR count). The Labute approximate surface area is 128 Å². The van der Waals surface area contributed by atoms with Crippen molar-refractivity contribution in [1.82, 2.24) is 10.3 Å². The number of carboxylic acid groups (broad SMARTS) is 1. The zero-order chi connectivity index (χ0) is 15.6. The molecule has 1 amide bonds. The molecule has 1 aromatic heterocycles. The van der Waals surface area contributed by atoms with Crippen LogP contribution in [0.25, 0.3) is 10.9 Å². The zero-order valence-electron chi connectivity index (χ0n) is 12.2. The molecule has 1 aromatic carbocycles. The molecule has 5 heteroatoms. The van der Waals surface area contributed by atoms with Crippen LogP contribution in [0.15, 0.2) is 36.4 Å². The first-order chi connectivity index (χ1) is 10.6. The fraction of sp³-hybridized carbons (Fsp3) is 0.353. The Kier molecular flexibility index (Phi) is 3.79. The summed E-state index contributed by atoms with van der Waals surface area (Å²) in [6, 6.07) is 11.6. The number of pyridine rings is 1. The van der Waals surface area contributed by atoms with Crippen molar-refractivity contribution in [3.05, 3.63) is 42.1 Å². The number of fused-ring (bicyclic) bond motifs is 1. The number of carbonyl (C=O) groups excluding carboxylic acids is 1. The van der Waals surface area contributed by atoms with Crippen LogP contribution in [0.2, 0.25) is 0 Å². The molecular formula is C17H18N2O3. The van der Waals surface area contributed by atoms with E-state index in [0.717, 1.165) is 23.0 Å². The lowest BCUT2D eigenvalue weighted by Crippen LogP contribution is -2.42. The van der Waals surface area contributed by atoms with Gasteiger partial charge in [-0.1, -0.05) is 30.7 Å². The van der Waals surface area contributed by atoms with E-state index in [0.29, 0.717) is 19.4 Å². The van der Waals surface area contributed by atoms with Crippen LogP contribution in [-0.4, -0.2) is 22.0 Å². The second kappa shape index (κ2) is 5.75. The van der Waals surface area contributed by atoms with E-state index in [9.17, 15) is 14.7 Å². The number of rotatable bonds is 5. The summed E-state index contributed by atoms with van der Waals surface area (Å²) < 4.78 is 0. The molecule has 2 aromatic rings. The third-order valence-electron chi connectivity index (χ3n) is 4.39. The summed E-state index contributed by atoms with van der Waals surface area (Å²) in [7, 11) is 0. The van der Waals surface area contributed by atoms with Crippen molar-refractivity contribution in [3.8, 4) is 0 Å². The van der Waals surface area contributed by atoms with E-state index in [4.69, 9.17) is 0 Å². The van der Waals surface area contributed by atoms with Gasteiger partial charge in [0.2, 0.25) is 5.91 Å². The smallest absolute Gasteiger partial charge is 0.310 e. The third-order valence-corrected chi connectivity index (χ3v) is 4.39. The second-order valence-electron chi connectivity index (χ2n) is 5.89. The van der Waals surface area contributed by atoms with Crippen LogP contribution in [0.1, 0.15) is 31.4 Å². The van der Waals surface area contributed by atoms with Gasteiger partial charge in [0.15, 0.2) is 0 Å². The van der Waals surface area contributed by atoms with E-state index < -0.39 is 11.4 Å². The predicted molar refractivity (Wildman–Crippen MR) is 82.1 cm³/mol. The van der Waals surface area contributed by atoms with Gasteiger partial charge in [-0.15, -0.1) is 0 Å². The van der Waals surface area contributed by atoms with Crippen molar-refractivity contribution in [1.29, 1.82) is 0 Å². The Hall–Kier alpha value is -2.43. The van der Waals surface area contributed by atoms with Crippen LogP contribution in [0.3, 0.4) is 0 Å². The molecule has 1 aliphatic rings. The number of para-hydroxylation sites is 1. The Morgan fingerprint density at radius 1 is 1.18 bits per heavy atom. The van der Waals surface area contributed by atoms with E-state index in [1.54, 1.807) is 0 Å². The van der Waals surface area contributed by atoms with Crippen molar-refractivity contribution in [2.75, 3.05) is 0 Å². The maximum absolute atomic E-state index is 12.0. The molecule has 22 heavy (non-hydrogen) atoms. The van der Waals surface area contributed by atoms with Crippen molar-refractivity contribution >= 4 is 22.8 Å². The van der Waals surface area contributed by atoms with Crippen LogP contribution in [-0.2, 0) is 16.1 Å². The molecule has 0 saturated heterocycles. The molecule has 0 unspecified atom stereocenters. The van der Waals surface area contributed by atoms with Gasteiger partial charge in [0, 0.05) is 11.8 Å². The Balaban J connectivity index is 1.61. The SMILES string of the molecule is O=C(CC1(C(=O)O)CCC1)NCc1ccc2ccccc2n1. The zero-order valence-corrected chi connectivity index (χ0v) is 12.2. The minimum Gasteiger partial charge on any atom is -0.481 e. The summed E-state index contributed by atoms with van der Waals surface area (Å²) in [6.07, 6.45) is 2.11. The van der Waals surface area contributed by atoms with Gasteiger partial charge in [-0.2, -0.15) is 0 Å². The number of nitrogens with one attached hydrogen (secondary N) is 1. The quantitative estimate of drug-likeness (QED) is 0.889. The monoisotopic (exact) mass is 298 g/mol. The van der Waals surface area contributed by atoms with Crippen LogP contribution in [0.4, 0.5) is 0 Å². The van der Waals surface area contributed by atoms with Crippen LogP contribution < -0.4 is 5.32 Å². The normalized spacial score (nSPS) is 16.0. The van der Waals surface area contributed by atoms with E-state index in [-0.39, 0.29) is 12.3 Å². The molecule has 1 saturated carbocycles. The first kappa shape index (κ1) is 14.5. The molecule has 1 aliphatic carbocycles. The van der Waals surface area contributed by atoms with Crippen LogP contribution in [0, 0.1) is 5.41 Å². The van der Waals surface area contributed by atoms with Gasteiger partial charge in [0.25, 0.3) is 0 Å². The summed E-state index contributed by atoms with van der Waals surface area (Å²) >= 11 is 0. The highest BCUT2D eigenvalue weighted by Crippen LogP contribution is 2.44. The van der Waals surface area contributed by atoms with Gasteiger partial charge in [-0.05, 0) is 25.0 Å². The maximum Gasteiger partial charge on any atom is 0.310 e. The fourth-order valence-corrected chi connectivity index (χ4v) is 2.84. The molecule has 0 radical (unpaired) electrons. The average molecular weight is 298 g/mol. The molecule has 0 spiro atoms. The minimum atomic E-state index is -0.863. The summed E-state index contributed by atoms with van der Waals surface area (Å²) in [5.41, 5.74) is 0.807. The molecular weight excluding hydrogens is 280 g/mol. The van der Waals surface area contributed by atoms with Crippen molar-refractivity contribution in [2.45, 2.75) is 32.2 Å². The lowest BCUT2D eigenvalue weighted by molar-refractivity contribution is -0.157. The molecule has 1 heterocycles. The van der Waals surface area contributed by atoms with E-state index in [1.165, 1.54) is 0 Å². The fourth-order valence-electron chi connectivity index (χ4n) is 2.84. The lowest BCUT2D eigenvalue weighted by atomic mass is 9.66. The highest BCUT2D eigenvalue weighted by Gasteiger charge is 2.45. The van der Waals surface area contributed by atoms with Crippen molar-refractivity contribution in [3.63, 3.8) is 0 Å². The number of nitrogens with zero attached hydrogens (tertiary/aromatic N) is 1. The van der Waals surface area contributed by atoms with Gasteiger partial charge in [-0.25, -0.2) is 0 Å². The molecule has 2 N–H and O–H groups in total. The van der Waals surface area contributed by atoms with Gasteiger partial charge in [-0.3, -0.25) is 14.6 Å². The maximum atomic E-state index is 12.0. The standard InChI is InChI=1S/C17H18N2O3/c20-15(10-17(16(21)22)8-3-9-17)18-11-13-7-6-12-4-1-2-5-14(12)19-13/h1-2,4-7H,3,8-11H2,(H,18,20)(H,21,22). The molecule has 0 aliphatic heterocycles. The highest BCUT2D eigenvalue weighted by molar-refractivity contribution is 5.85. The molecule has 5 nitrogen and oxygen atoms in total. The number of hydrogen-bond acceptors (Lipinski definition) is 3. The van der Waals surface area contributed by atoms with Gasteiger partial charge in [0.1, 0.15) is 0 Å². The van der Waals surface area contributed by atoms with Crippen LogP contribution >= 0.6 is 0 Å². The molecule has 0 atom stereocenters. The Morgan fingerprint density at radius 3 is 2.64 bits per heavy atom. The van der Waals surface area contributed by atoms with Crippen molar-refractivity contribution in [2.24, 2.45) is 5.41 Å². The average Bonchev–Trinajstić information content (AvgIpc) is 2.48. The first-order valence-corrected chi connectivity index (χ1v) is 7.44.